The van der Waals surface area contributed by atoms with Gasteiger partial charge in [-0.15, -0.1) is 0 Å². The summed E-state index contributed by atoms with van der Waals surface area (Å²) in [6.45, 7) is 4.00. The fourth-order valence-electron chi connectivity index (χ4n) is 2.13. The molecule has 0 saturated carbocycles. The van der Waals surface area contributed by atoms with Gasteiger partial charge in [-0.1, -0.05) is 50.2 Å². The number of aliphatic hydroxyl groups excluding tert-OH is 1. The SMILES string of the molecule is COc1ccc(-c2ccccc2)cc1[C@@H](O)C(C)C. The van der Waals surface area contributed by atoms with E-state index in [-0.39, 0.29) is 5.92 Å². The van der Waals surface area contributed by atoms with Gasteiger partial charge in [0.2, 0.25) is 0 Å². The molecule has 2 rings (SSSR count). The highest BCUT2D eigenvalue weighted by Gasteiger charge is 2.17. The largest absolute Gasteiger partial charge is 0.496 e. The number of benzene rings is 2. The summed E-state index contributed by atoms with van der Waals surface area (Å²) in [6, 6.07) is 16.1. The molecule has 0 heterocycles. The van der Waals surface area contributed by atoms with E-state index in [1.54, 1.807) is 7.11 Å². The molecule has 2 heteroatoms. The predicted molar refractivity (Wildman–Crippen MR) is 78.2 cm³/mol. The van der Waals surface area contributed by atoms with Gasteiger partial charge in [0.15, 0.2) is 0 Å². The fourth-order valence-corrected chi connectivity index (χ4v) is 2.13. The number of hydrogen-bond donors (Lipinski definition) is 1. The van der Waals surface area contributed by atoms with Crippen molar-refractivity contribution in [2.75, 3.05) is 7.11 Å². The number of aliphatic hydroxyl groups is 1. The molecule has 0 aliphatic heterocycles. The van der Waals surface area contributed by atoms with Crippen LogP contribution >= 0.6 is 0 Å². The maximum Gasteiger partial charge on any atom is 0.124 e. The van der Waals surface area contributed by atoms with Gasteiger partial charge in [0.05, 0.1) is 13.2 Å². The van der Waals surface area contributed by atoms with Crippen LogP contribution in [0.2, 0.25) is 0 Å². The van der Waals surface area contributed by atoms with E-state index in [4.69, 9.17) is 4.74 Å². The maximum absolute atomic E-state index is 10.3. The number of rotatable bonds is 4. The Balaban J connectivity index is 2.47. The number of methoxy groups -OCH3 is 1. The van der Waals surface area contributed by atoms with Gasteiger partial charge in [0.25, 0.3) is 0 Å². The van der Waals surface area contributed by atoms with E-state index in [0.717, 1.165) is 22.4 Å². The summed E-state index contributed by atoms with van der Waals surface area (Å²) >= 11 is 0. The van der Waals surface area contributed by atoms with Crippen molar-refractivity contribution in [3.05, 3.63) is 54.1 Å². The van der Waals surface area contributed by atoms with Crippen molar-refractivity contribution in [3.63, 3.8) is 0 Å². The smallest absolute Gasteiger partial charge is 0.124 e. The molecular formula is C17H20O2. The molecule has 0 aromatic heterocycles. The van der Waals surface area contributed by atoms with E-state index >= 15 is 0 Å². The number of hydrogen-bond acceptors (Lipinski definition) is 2. The molecule has 2 aromatic rings. The van der Waals surface area contributed by atoms with Crippen LogP contribution in [0, 0.1) is 5.92 Å². The average Bonchev–Trinajstić information content (AvgIpc) is 2.46. The molecule has 0 fully saturated rings. The van der Waals surface area contributed by atoms with E-state index < -0.39 is 6.10 Å². The van der Waals surface area contributed by atoms with Crippen molar-refractivity contribution in [1.29, 1.82) is 0 Å². The lowest BCUT2D eigenvalue weighted by Crippen LogP contribution is -2.07. The fraction of sp³-hybridized carbons (Fsp3) is 0.294. The quantitative estimate of drug-likeness (QED) is 0.894. The summed E-state index contributed by atoms with van der Waals surface area (Å²) in [6.07, 6.45) is -0.515. The zero-order chi connectivity index (χ0) is 13.8. The molecule has 2 aromatic carbocycles. The van der Waals surface area contributed by atoms with Crippen LogP contribution in [0.3, 0.4) is 0 Å². The minimum absolute atomic E-state index is 0.153. The Labute approximate surface area is 114 Å². The summed E-state index contributed by atoms with van der Waals surface area (Å²) < 4.78 is 5.35. The van der Waals surface area contributed by atoms with Gasteiger partial charge < -0.3 is 9.84 Å². The zero-order valence-corrected chi connectivity index (χ0v) is 11.6. The highest BCUT2D eigenvalue weighted by Crippen LogP contribution is 2.33. The molecule has 0 bridgehead atoms. The molecule has 0 aliphatic rings. The third-order valence-corrected chi connectivity index (χ3v) is 3.29. The second-order valence-electron chi connectivity index (χ2n) is 5.01. The van der Waals surface area contributed by atoms with Crippen molar-refractivity contribution in [2.45, 2.75) is 20.0 Å². The molecule has 19 heavy (non-hydrogen) atoms. The summed E-state index contributed by atoms with van der Waals surface area (Å²) in [7, 11) is 1.63. The summed E-state index contributed by atoms with van der Waals surface area (Å²) in [5, 5.41) is 10.3. The van der Waals surface area contributed by atoms with Crippen LogP contribution in [0.25, 0.3) is 11.1 Å². The third kappa shape index (κ3) is 2.96. The normalized spacial score (nSPS) is 12.5. The topological polar surface area (TPSA) is 29.5 Å². The van der Waals surface area contributed by atoms with Crippen LogP contribution in [0.5, 0.6) is 5.75 Å². The molecule has 2 nitrogen and oxygen atoms in total. The predicted octanol–water partition coefficient (Wildman–Crippen LogP) is 4.05. The minimum Gasteiger partial charge on any atom is -0.496 e. The molecule has 0 radical (unpaired) electrons. The molecule has 100 valence electrons. The average molecular weight is 256 g/mol. The molecule has 0 spiro atoms. The van der Waals surface area contributed by atoms with Crippen molar-refractivity contribution < 1.29 is 9.84 Å². The lowest BCUT2D eigenvalue weighted by atomic mass is 9.94. The molecule has 0 unspecified atom stereocenters. The zero-order valence-electron chi connectivity index (χ0n) is 11.6. The minimum atomic E-state index is -0.515. The van der Waals surface area contributed by atoms with Gasteiger partial charge in [-0.05, 0) is 29.2 Å². The highest BCUT2D eigenvalue weighted by molar-refractivity contribution is 5.65. The molecule has 1 atom stereocenters. The molecule has 0 aliphatic carbocycles. The van der Waals surface area contributed by atoms with Gasteiger partial charge in [-0.3, -0.25) is 0 Å². The molecule has 0 saturated heterocycles. The first kappa shape index (κ1) is 13.6. The first-order valence-corrected chi connectivity index (χ1v) is 6.55. The van der Waals surface area contributed by atoms with Crippen LogP contribution in [0.15, 0.2) is 48.5 Å². The number of ether oxygens (including phenoxy) is 1. The van der Waals surface area contributed by atoms with Crippen LogP contribution in [0.4, 0.5) is 0 Å². The highest BCUT2D eigenvalue weighted by atomic mass is 16.5. The van der Waals surface area contributed by atoms with E-state index in [0.29, 0.717) is 0 Å². The first-order chi connectivity index (χ1) is 9.13. The van der Waals surface area contributed by atoms with E-state index in [9.17, 15) is 5.11 Å². The maximum atomic E-state index is 10.3. The standard InChI is InChI=1S/C17H20O2/c1-12(2)17(18)15-11-14(9-10-16(15)19-3)13-7-5-4-6-8-13/h4-12,17-18H,1-3H3/t17-/m0/s1. The second-order valence-corrected chi connectivity index (χ2v) is 5.01. The monoisotopic (exact) mass is 256 g/mol. The third-order valence-electron chi connectivity index (χ3n) is 3.29. The van der Waals surface area contributed by atoms with Crippen LogP contribution in [0.1, 0.15) is 25.5 Å². The molecule has 1 N–H and O–H groups in total. The Morgan fingerprint density at radius 1 is 0.947 bits per heavy atom. The van der Waals surface area contributed by atoms with Crippen molar-refractivity contribution >= 4 is 0 Å². The van der Waals surface area contributed by atoms with Crippen molar-refractivity contribution in [2.24, 2.45) is 5.92 Å². The Morgan fingerprint density at radius 3 is 2.21 bits per heavy atom. The van der Waals surface area contributed by atoms with Crippen molar-refractivity contribution in [1.82, 2.24) is 0 Å². The van der Waals surface area contributed by atoms with Crippen LogP contribution in [-0.4, -0.2) is 12.2 Å². The van der Waals surface area contributed by atoms with Gasteiger partial charge in [-0.25, -0.2) is 0 Å². The summed E-state index contributed by atoms with van der Waals surface area (Å²) in [4.78, 5) is 0. The van der Waals surface area contributed by atoms with Crippen molar-refractivity contribution in [3.8, 4) is 16.9 Å². The Morgan fingerprint density at radius 2 is 1.63 bits per heavy atom. The second kappa shape index (κ2) is 5.89. The summed E-state index contributed by atoms with van der Waals surface area (Å²) in [5.41, 5.74) is 3.08. The van der Waals surface area contributed by atoms with Gasteiger partial charge in [0, 0.05) is 5.56 Å². The lowest BCUT2D eigenvalue weighted by molar-refractivity contribution is 0.123. The van der Waals surface area contributed by atoms with Crippen LogP contribution in [-0.2, 0) is 0 Å². The lowest BCUT2D eigenvalue weighted by Gasteiger charge is -2.19. The first-order valence-electron chi connectivity index (χ1n) is 6.55. The Kier molecular flexibility index (Phi) is 4.23. The van der Waals surface area contributed by atoms with Gasteiger partial charge in [-0.2, -0.15) is 0 Å². The van der Waals surface area contributed by atoms with Gasteiger partial charge >= 0.3 is 0 Å². The van der Waals surface area contributed by atoms with E-state index in [2.05, 4.69) is 12.1 Å². The van der Waals surface area contributed by atoms with Crippen LogP contribution < -0.4 is 4.74 Å². The summed E-state index contributed by atoms with van der Waals surface area (Å²) in [5.74, 6) is 0.890. The molecule has 0 amide bonds. The Hall–Kier alpha value is -1.80. The van der Waals surface area contributed by atoms with E-state index in [1.165, 1.54) is 0 Å². The Bertz CT molecular complexity index is 532. The van der Waals surface area contributed by atoms with E-state index in [1.807, 2.05) is 50.2 Å². The molecular weight excluding hydrogens is 236 g/mol. The van der Waals surface area contributed by atoms with Gasteiger partial charge in [0.1, 0.15) is 5.75 Å².